The molecule has 0 aromatic carbocycles. The minimum absolute atomic E-state index is 0.0444. The lowest BCUT2D eigenvalue weighted by Crippen LogP contribution is -2.02. The number of ketones is 1. The van der Waals surface area contributed by atoms with Crippen molar-refractivity contribution in [3.63, 3.8) is 0 Å². The van der Waals surface area contributed by atoms with E-state index in [0.717, 1.165) is 19.9 Å². The molecule has 90 valence electrons. The lowest BCUT2D eigenvalue weighted by atomic mass is 10.2. The van der Waals surface area contributed by atoms with E-state index in [4.69, 9.17) is 11.6 Å². The second kappa shape index (κ2) is 5.16. The molecule has 0 spiro atoms. The molecule has 2 heterocycles. The maximum Gasteiger partial charge on any atom is 0.164 e. The Labute approximate surface area is 113 Å². The predicted octanol–water partition coefficient (Wildman–Crippen LogP) is 3.98. The average Bonchev–Trinajstić information content (AvgIpc) is 2.82. The van der Waals surface area contributed by atoms with Crippen LogP contribution in [0.15, 0.2) is 12.1 Å². The number of carbonyl (C=O) groups is 1. The Morgan fingerprint density at radius 3 is 2.88 bits per heavy atom. The van der Waals surface area contributed by atoms with Gasteiger partial charge in [0.15, 0.2) is 5.78 Å². The molecule has 0 aliphatic carbocycles. The number of nitrogens with zero attached hydrogens (tertiary/aromatic N) is 1. The third kappa shape index (κ3) is 2.86. The van der Waals surface area contributed by atoms with Gasteiger partial charge in [0.25, 0.3) is 0 Å². The van der Waals surface area contributed by atoms with Gasteiger partial charge < -0.3 is 5.32 Å². The second-order valence-corrected chi connectivity index (χ2v) is 6.16. The van der Waals surface area contributed by atoms with E-state index in [1.54, 1.807) is 6.92 Å². The molecule has 1 N–H and O–H groups in total. The summed E-state index contributed by atoms with van der Waals surface area (Å²) in [5, 5.41) is 4.06. The van der Waals surface area contributed by atoms with Crippen molar-refractivity contribution in [2.45, 2.75) is 20.4 Å². The van der Waals surface area contributed by atoms with Crippen LogP contribution in [0.1, 0.15) is 27.9 Å². The number of hydrogen-bond donors (Lipinski definition) is 1. The van der Waals surface area contributed by atoms with Crippen LogP contribution in [-0.4, -0.2) is 10.2 Å². The highest BCUT2D eigenvalue weighted by molar-refractivity contribution is 7.16. The lowest BCUT2D eigenvalue weighted by Gasteiger charge is -2.03. The van der Waals surface area contributed by atoms with Crippen LogP contribution in [0.3, 0.4) is 0 Å². The Morgan fingerprint density at radius 1 is 1.53 bits per heavy atom. The molecular formula is C11H11ClN2OS2. The maximum absolute atomic E-state index is 11.5. The van der Waals surface area contributed by atoms with Gasteiger partial charge in [-0.15, -0.1) is 11.3 Å². The normalized spacial score (nSPS) is 10.5. The first-order valence-corrected chi connectivity index (χ1v) is 7.00. The number of aromatic nitrogens is 1. The molecule has 0 radical (unpaired) electrons. The van der Waals surface area contributed by atoms with E-state index >= 15 is 0 Å². The summed E-state index contributed by atoms with van der Waals surface area (Å²) >= 11 is 8.71. The van der Waals surface area contributed by atoms with Gasteiger partial charge in [-0.25, -0.2) is 0 Å². The number of Topliss-reactive ketones (excluding diaryl/α,β-unsaturated/α-hetero) is 1. The van der Waals surface area contributed by atoms with Crippen LogP contribution in [-0.2, 0) is 6.54 Å². The van der Waals surface area contributed by atoms with Crippen molar-refractivity contribution in [1.82, 2.24) is 4.37 Å². The third-order valence-electron chi connectivity index (χ3n) is 2.27. The Morgan fingerprint density at radius 2 is 2.29 bits per heavy atom. The Bertz CT molecular complexity index is 547. The van der Waals surface area contributed by atoms with E-state index in [-0.39, 0.29) is 5.78 Å². The fourth-order valence-electron chi connectivity index (χ4n) is 1.52. The van der Waals surface area contributed by atoms with Crippen LogP contribution >= 0.6 is 34.5 Å². The quantitative estimate of drug-likeness (QED) is 0.865. The minimum atomic E-state index is 0.0444. The van der Waals surface area contributed by atoms with Crippen molar-refractivity contribution in [2.24, 2.45) is 0 Å². The third-order valence-corrected chi connectivity index (χ3v) is 4.39. The highest BCUT2D eigenvalue weighted by Gasteiger charge is 2.14. The molecule has 2 aromatic rings. The highest BCUT2D eigenvalue weighted by Crippen LogP contribution is 2.27. The van der Waals surface area contributed by atoms with E-state index in [9.17, 15) is 4.79 Å². The van der Waals surface area contributed by atoms with Crippen LogP contribution < -0.4 is 5.32 Å². The van der Waals surface area contributed by atoms with Gasteiger partial charge in [0.2, 0.25) is 0 Å². The number of nitrogens with one attached hydrogen (secondary N) is 1. The topological polar surface area (TPSA) is 42.0 Å². The van der Waals surface area contributed by atoms with Crippen molar-refractivity contribution < 1.29 is 4.79 Å². The van der Waals surface area contributed by atoms with Crippen molar-refractivity contribution in [3.8, 4) is 0 Å². The molecule has 0 atom stereocenters. The second-order valence-electron chi connectivity index (χ2n) is 3.59. The van der Waals surface area contributed by atoms with Gasteiger partial charge in [0.1, 0.15) is 5.00 Å². The van der Waals surface area contributed by atoms with E-state index in [0.29, 0.717) is 12.1 Å². The number of carbonyl (C=O) groups excluding carboxylic acids is 1. The molecule has 0 unspecified atom stereocenters. The molecule has 0 saturated heterocycles. The van der Waals surface area contributed by atoms with Crippen LogP contribution in [0.5, 0.6) is 0 Å². The summed E-state index contributed by atoms with van der Waals surface area (Å²) < 4.78 is 4.96. The highest BCUT2D eigenvalue weighted by atomic mass is 35.5. The molecule has 3 nitrogen and oxygen atoms in total. The van der Waals surface area contributed by atoms with Crippen LogP contribution in [0, 0.1) is 6.92 Å². The first-order chi connectivity index (χ1) is 8.08. The number of anilines is 1. The zero-order valence-corrected chi connectivity index (χ0v) is 11.8. The van der Waals surface area contributed by atoms with E-state index in [2.05, 4.69) is 9.69 Å². The van der Waals surface area contributed by atoms with Gasteiger partial charge in [-0.1, -0.05) is 11.6 Å². The maximum atomic E-state index is 11.5. The minimum Gasteiger partial charge on any atom is -0.370 e. The zero-order chi connectivity index (χ0) is 12.4. The number of halogens is 1. The molecule has 0 fully saturated rings. The number of thiophene rings is 1. The summed E-state index contributed by atoms with van der Waals surface area (Å²) in [4.78, 5) is 12.6. The number of rotatable bonds is 4. The van der Waals surface area contributed by atoms with Gasteiger partial charge in [0.05, 0.1) is 22.1 Å². The zero-order valence-electron chi connectivity index (χ0n) is 9.41. The van der Waals surface area contributed by atoms with Crippen molar-refractivity contribution in [2.75, 3.05) is 5.32 Å². The predicted molar refractivity (Wildman–Crippen MR) is 73.5 cm³/mol. The summed E-state index contributed by atoms with van der Waals surface area (Å²) in [6.45, 7) is 4.07. The number of hydrogen-bond acceptors (Lipinski definition) is 5. The van der Waals surface area contributed by atoms with Gasteiger partial charge in [-0.2, -0.15) is 4.37 Å². The standard InChI is InChI=1S/C11H11ClN2OS2/c1-6-10(7(2)15)11(17-14-6)13-5-8-3-4-9(12)16-8/h3-4,13H,5H2,1-2H3. The summed E-state index contributed by atoms with van der Waals surface area (Å²) in [5.41, 5.74) is 1.48. The van der Waals surface area contributed by atoms with Crippen molar-refractivity contribution in [1.29, 1.82) is 0 Å². The smallest absolute Gasteiger partial charge is 0.164 e. The molecule has 6 heteroatoms. The van der Waals surface area contributed by atoms with Crippen LogP contribution in [0.2, 0.25) is 4.34 Å². The van der Waals surface area contributed by atoms with Gasteiger partial charge in [0, 0.05) is 4.88 Å². The fraction of sp³-hybridized carbons (Fsp3) is 0.273. The molecule has 17 heavy (non-hydrogen) atoms. The van der Waals surface area contributed by atoms with E-state index in [1.165, 1.54) is 22.9 Å². The molecule has 0 aliphatic heterocycles. The van der Waals surface area contributed by atoms with Crippen molar-refractivity contribution >= 4 is 45.3 Å². The number of aryl methyl sites for hydroxylation is 1. The largest absolute Gasteiger partial charge is 0.370 e. The SMILES string of the molecule is CC(=O)c1c(C)nsc1NCc1ccc(Cl)s1. The molecule has 0 saturated carbocycles. The summed E-state index contributed by atoms with van der Waals surface area (Å²) in [6.07, 6.45) is 0. The van der Waals surface area contributed by atoms with Crippen LogP contribution in [0.25, 0.3) is 0 Å². The average molecular weight is 287 g/mol. The first kappa shape index (κ1) is 12.5. The molecule has 2 aromatic heterocycles. The summed E-state index contributed by atoms with van der Waals surface area (Å²) in [7, 11) is 0. The first-order valence-electron chi connectivity index (χ1n) is 5.03. The molecule has 2 rings (SSSR count). The fourth-order valence-corrected chi connectivity index (χ4v) is 3.39. The van der Waals surface area contributed by atoms with Gasteiger partial charge in [-0.05, 0) is 37.5 Å². The molecule has 0 amide bonds. The Balaban J connectivity index is 2.11. The Kier molecular flexibility index (Phi) is 3.81. The van der Waals surface area contributed by atoms with Gasteiger partial charge >= 0.3 is 0 Å². The summed E-state index contributed by atoms with van der Waals surface area (Å²) in [6, 6.07) is 3.84. The monoisotopic (exact) mass is 286 g/mol. The van der Waals surface area contributed by atoms with Gasteiger partial charge in [-0.3, -0.25) is 4.79 Å². The molecular weight excluding hydrogens is 276 g/mol. The molecule has 0 aliphatic rings. The van der Waals surface area contributed by atoms with E-state index in [1.807, 2.05) is 19.1 Å². The summed E-state index contributed by atoms with van der Waals surface area (Å²) in [5.74, 6) is 0.0444. The lowest BCUT2D eigenvalue weighted by molar-refractivity contribution is 0.101. The Hall–Kier alpha value is -0.910. The van der Waals surface area contributed by atoms with E-state index < -0.39 is 0 Å². The van der Waals surface area contributed by atoms with Crippen molar-refractivity contribution in [3.05, 3.63) is 32.6 Å². The molecule has 0 bridgehead atoms. The van der Waals surface area contributed by atoms with Crippen LogP contribution in [0.4, 0.5) is 5.00 Å².